The number of rotatable bonds is 2. The Balaban J connectivity index is 0.00000289. The average molecular weight is 439 g/mol. The van der Waals surface area contributed by atoms with E-state index in [1.165, 1.54) is 11.0 Å². The van der Waals surface area contributed by atoms with Gasteiger partial charge in [-0.25, -0.2) is 0 Å². The van der Waals surface area contributed by atoms with Crippen molar-refractivity contribution >= 4 is 25.9 Å². The van der Waals surface area contributed by atoms with Crippen LogP contribution in [0, 0.1) is 11.8 Å². The molecule has 0 bridgehead atoms. The van der Waals surface area contributed by atoms with Crippen molar-refractivity contribution in [1.29, 1.82) is 0 Å². The van der Waals surface area contributed by atoms with E-state index >= 15 is 0 Å². The maximum Gasteiger partial charge on any atom is 0.255 e. The Labute approximate surface area is 186 Å². The monoisotopic (exact) mass is 439 g/mol. The molecule has 3 aliphatic carbocycles. The number of aliphatic hydroxyl groups is 3. The third-order valence-electron chi connectivity index (χ3n) is 6.85. The molecule has 0 fully saturated rings. The quantitative estimate of drug-likeness (QED) is 0.301. The summed E-state index contributed by atoms with van der Waals surface area (Å²) in [6.07, 6.45) is -0.322. The minimum atomic E-state index is -2.38. The summed E-state index contributed by atoms with van der Waals surface area (Å²) in [7, 11) is 3.08. The number of likely N-dealkylation sites (N-methyl/N-ethyl adjacent to an activating group) is 1. The van der Waals surface area contributed by atoms with Crippen LogP contribution in [0.3, 0.4) is 0 Å². The number of fused-ring (bicyclic) bond motifs is 3. The zero-order chi connectivity index (χ0) is 23.0. The maximum absolute atomic E-state index is 13.3. The highest BCUT2D eigenvalue weighted by molar-refractivity contribution is 6.22. The van der Waals surface area contributed by atoms with E-state index in [1.54, 1.807) is 33.2 Å². The number of ketones is 2. The lowest BCUT2D eigenvalue weighted by molar-refractivity contribution is -0.143. The highest BCUT2D eigenvalue weighted by atomic mass is 16.3. The topological polar surface area (TPSA) is 161 Å². The van der Waals surface area contributed by atoms with E-state index in [1.807, 2.05) is 0 Å². The second-order valence-electron chi connectivity index (χ2n) is 8.69. The summed E-state index contributed by atoms with van der Waals surface area (Å²) < 4.78 is 0. The maximum atomic E-state index is 13.3. The third kappa shape index (κ3) is 2.87. The molecule has 0 heterocycles. The van der Waals surface area contributed by atoms with Crippen LogP contribution in [0.25, 0.3) is 0 Å². The number of phenols is 1. The zero-order valence-corrected chi connectivity index (χ0v) is 17.8. The van der Waals surface area contributed by atoms with Crippen molar-refractivity contribution < 1.29 is 34.8 Å². The number of carbonyl (C=O) groups is 3. The third-order valence-corrected chi connectivity index (χ3v) is 6.85. The lowest BCUT2D eigenvalue weighted by atomic mass is 9.56. The first-order valence-corrected chi connectivity index (χ1v) is 9.87. The number of nitrogens with zero attached hydrogens (tertiary/aromatic N) is 1. The van der Waals surface area contributed by atoms with E-state index in [0.717, 1.165) is 6.08 Å². The summed E-state index contributed by atoms with van der Waals surface area (Å²) in [5.74, 6) is -6.36. The second kappa shape index (κ2) is 7.58. The van der Waals surface area contributed by atoms with E-state index in [-0.39, 0.29) is 25.3 Å². The first-order valence-electron chi connectivity index (χ1n) is 9.87. The minimum Gasteiger partial charge on any atom is -0.508 e. The van der Waals surface area contributed by atoms with Gasteiger partial charge >= 0.3 is 0 Å². The molecule has 4 rings (SSSR count). The molecular weight excluding hydrogens is 415 g/mol. The Morgan fingerprint density at radius 2 is 1.81 bits per heavy atom. The van der Waals surface area contributed by atoms with E-state index in [9.17, 15) is 34.8 Å². The molecule has 3 aliphatic rings. The molecule has 6 atom stereocenters. The number of hydrogen-bond acceptors (Lipinski definition) is 8. The molecular formula is C22H24BN2O7. The predicted octanol–water partition coefficient (Wildman–Crippen LogP) is -0.614. The normalized spacial score (nSPS) is 33.7. The summed E-state index contributed by atoms with van der Waals surface area (Å²) in [5, 5.41) is 43.9. The van der Waals surface area contributed by atoms with Crippen molar-refractivity contribution in [3.05, 3.63) is 52.3 Å². The molecule has 3 radical (unpaired) electrons. The van der Waals surface area contributed by atoms with Gasteiger partial charge in [0.2, 0.25) is 0 Å². The molecule has 1 aromatic carbocycles. The fourth-order valence-electron chi connectivity index (χ4n) is 5.48. The summed E-state index contributed by atoms with van der Waals surface area (Å²) in [4.78, 5) is 39.6. The van der Waals surface area contributed by atoms with Crippen LogP contribution < -0.4 is 5.73 Å². The Morgan fingerprint density at radius 1 is 1.19 bits per heavy atom. The molecule has 32 heavy (non-hydrogen) atoms. The average Bonchev–Trinajstić information content (AvgIpc) is 2.67. The largest absolute Gasteiger partial charge is 0.508 e. The molecule has 0 saturated heterocycles. The Kier molecular flexibility index (Phi) is 5.62. The number of carbonyl (C=O) groups excluding carboxylic acids is 3. The van der Waals surface area contributed by atoms with Crippen LogP contribution in [0.1, 0.15) is 28.8 Å². The van der Waals surface area contributed by atoms with E-state index < -0.39 is 64.3 Å². The summed E-state index contributed by atoms with van der Waals surface area (Å²) in [6.45, 7) is 1.77. The number of hydrogen-bond donors (Lipinski definition) is 5. The molecule has 1 aromatic rings. The molecule has 167 valence electrons. The van der Waals surface area contributed by atoms with Gasteiger partial charge in [0.05, 0.1) is 17.7 Å². The van der Waals surface area contributed by atoms with Crippen LogP contribution >= 0.6 is 0 Å². The number of aliphatic hydroxyl groups excluding tert-OH is 2. The molecule has 0 aliphatic heterocycles. The van der Waals surface area contributed by atoms with Gasteiger partial charge in [0.25, 0.3) is 5.91 Å². The molecule has 2 unspecified atom stereocenters. The van der Waals surface area contributed by atoms with Gasteiger partial charge in [0.1, 0.15) is 22.7 Å². The number of aromatic hydroxyl groups is 1. The fraction of sp³-hybridized carbons (Fsp3) is 0.409. The molecule has 9 nitrogen and oxygen atoms in total. The van der Waals surface area contributed by atoms with Crippen LogP contribution in [-0.4, -0.2) is 83.1 Å². The van der Waals surface area contributed by atoms with Gasteiger partial charge in [-0.3, -0.25) is 19.3 Å². The number of primary amides is 1. The van der Waals surface area contributed by atoms with Crippen molar-refractivity contribution in [1.82, 2.24) is 4.90 Å². The standard InChI is InChI=1S/C22H24N2O7.B/c1-8-9-5-4-6-11(25)13(9)17(26)10-7-22(31)15(18(27)12(8)10)16(24(2)3)19(28)14(20(22)29)21(23)30;/h4-8,12,15-16,18,25,27,29,31H,1-3H3,(H2,23,30);/t8-,12?,15?,16-,18-,22+;/m0./s1. The molecule has 0 aromatic heterocycles. The van der Waals surface area contributed by atoms with Gasteiger partial charge in [-0.15, -0.1) is 0 Å². The van der Waals surface area contributed by atoms with Gasteiger partial charge in [0, 0.05) is 25.8 Å². The second-order valence-corrected chi connectivity index (χ2v) is 8.69. The Bertz CT molecular complexity index is 1100. The zero-order valence-electron chi connectivity index (χ0n) is 17.8. The van der Waals surface area contributed by atoms with Gasteiger partial charge in [-0.2, -0.15) is 0 Å². The van der Waals surface area contributed by atoms with Crippen LogP contribution in [0.5, 0.6) is 5.75 Å². The van der Waals surface area contributed by atoms with Crippen LogP contribution in [0.2, 0.25) is 0 Å². The lowest BCUT2D eigenvalue weighted by Gasteiger charge is -2.52. The van der Waals surface area contributed by atoms with Gasteiger partial charge in [-0.05, 0) is 37.7 Å². The van der Waals surface area contributed by atoms with Crippen molar-refractivity contribution in [2.75, 3.05) is 14.1 Å². The van der Waals surface area contributed by atoms with Crippen LogP contribution in [0.4, 0.5) is 0 Å². The molecule has 6 N–H and O–H groups in total. The number of phenolic OH excluding ortho intramolecular Hbond substituents is 1. The number of benzene rings is 1. The number of nitrogens with two attached hydrogens (primary N) is 1. The van der Waals surface area contributed by atoms with E-state index in [0.29, 0.717) is 5.56 Å². The summed E-state index contributed by atoms with van der Waals surface area (Å²) in [5.41, 5.74) is 2.75. The summed E-state index contributed by atoms with van der Waals surface area (Å²) >= 11 is 0. The van der Waals surface area contributed by atoms with Gasteiger partial charge < -0.3 is 26.2 Å². The van der Waals surface area contributed by atoms with E-state index in [4.69, 9.17) is 5.73 Å². The number of Topliss-reactive ketones (excluding diaryl/α,β-unsaturated/α-hetero) is 2. The highest BCUT2D eigenvalue weighted by Crippen LogP contribution is 2.53. The van der Waals surface area contributed by atoms with E-state index in [2.05, 4.69) is 0 Å². The molecule has 0 spiro atoms. The first kappa shape index (κ1) is 23.7. The molecule has 1 amide bonds. The fourth-order valence-corrected chi connectivity index (χ4v) is 5.48. The lowest BCUT2D eigenvalue weighted by Crippen LogP contribution is -2.66. The number of amides is 1. The smallest absolute Gasteiger partial charge is 0.255 e. The first-order chi connectivity index (χ1) is 14.4. The van der Waals surface area contributed by atoms with Crippen molar-refractivity contribution in [3.8, 4) is 5.75 Å². The van der Waals surface area contributed by atoms with Gasteiger partial charge in [-0.1, -0.05) is 19.1 Å². The van der Waals surface area contributed by atoms with Crippen LogP contribution in [0.15, 0.2) is 41.2 Å². The highest BCUT2D eigenvalue weighted by Gasteiger charge is 2.62. The summed E-state index contributed by atoms with van der Waals surface area (Å²) in [6, 6.07) is 3.47. The Morgan fingerprint density at radius 3 is 2.38 bits per heavy atom. The van der Waals surface area contributed by atoms with Gasteiger partial charge in [0.15, 0.2) is 11.6 Å². The van der Waals surface area contributed by atoms with Crippen LogP contribution in [-0.2, 0) is 9.59 Å². The van der Waals surface area contributed by atoms with Crippen molar-refractivity contribution in [2.24, 2.45) is 17.6 Å². The van der Waals surface area contributed by atoms with Crippen molar-refractivity contribution in [2.45, 2.75) is 30.6 Å². The minimum absolute atomic E-state index is 0. The van der Waals surface area contributed by atoms with Crippen molar-refractivity contribution in [3.63, 3.8) is 0 Å². The molecule has 10 heteroatoms. The Hall–Kier alpha value is -2.95. The SMILES string of the molecule is C[C@H]1c2cccc(O)c2C(=O)C2=C[C@]3(O)C(O)=C(C(N)=O)C(=O)[C@@H](N(C)C)C3[C@@H](O)C21.[B]. The molecule has 0 saturated carbocycles. The predicted molar refractivity (Wildman–Crippen MR) is 114 cm³/mol.